The molecule has 0 aromatic heterocycles. The van der Waals surface area contributed by atoms with E-state index in [1.165, 1.54) is 18.2 Å². The monoisotopic (exact) mass is 257 g/mol. The summed E-state index contributed by atoms with van der Waals surface area (Å²) in [5.41, 5.74) is 0.489. The summed E-state index contributed by atoms with van der Waals surface area (Å²) in [4.78, 5) is 0.269. The fourth-order valence-corrected chi connectivity index (χ4v) is 4.20. The van der Waals surface area contributed by atoms with Gasteiger partial charge in [0.25, 0.3) is 0 Å². The largest absolute Gasteiger partial charge is 0.317 e. The minimum Gasteiger partial charge on any atom is -0.317 e. The molecule has 0 radical (unpaired) electrons. The van der Waals surface area contributed by atoms with Crippen molar-refractivity contribution in [1.29, 1.82) is 0 Å². The summed E-state index contributed by atoms with van der Waals surface area (Å²) in [6.45, 7) is 3.09. The summed E-state index contributed by atoms with van der Waals surface area (Å²) < 4.78 is 37.7. The molecule has 1 saturated heterocycles. The highest BCUT2D eigenvalue weighted by Gasteiger charge is 2.29. The number of nitrogens with one attached hydrogen (secondary N) is 1. The summed E-state index contributed by atoms with van der Waals surface area (Å²) in [6.07, 6.45) is 1.25. The summed E-state index contributed by atoms with van der Waals surface area (Å²) in [5, 5.41) is 2.80. The topological polar surface area (TPSA) is 46.2 Å². The molecule has 1 aromatic rings. The Morgan fingerprint density at radius 1 is 1.29 bits per heavy atom. The number of hydrogen-bond donors (Lipinski definition) is 1. The van der Waals surface area contributed by atoms with Crippen LogP contribution in [0.25, 0.3) is 0 Å². The van der Waals surface area contributed by atoms with Gasteiger partial charge >= 0.3 is 0 Å². The van der Waals surface area contributed by atoms with Gasteiger partial charge in [0.1, 0.15) is 5.82 Å². The number of sulfone groups is 1. The van der Waals surface area contributed by atoms with Gasteiger partial charge in [-0.05, 0) is 56.6 Å². The van der Waals surface area contributed by atoms with Crippen molar-refractivity contribution in [1.82, 2.24) is 5.32 Å². The molecule has 0 amide bonds. The fourth-order valence-electron chi connectivity index (χ4n) is 2.22. The SMILES string of the molecule is Cc1cc(F)ccc1S(=O)(=O)C1CCNCC1. The third-order valence-electron chi connectivity index (χ3n) is 3.17. The molecule has 1 heterocycles. The first kappa shape index (κ1) is 12.5. The number of rotatable bonds is 2. The number of piperidine rings is 1. The number of aryl methyl sites for hydroxylation is 1. The van der Waals surface area contributed by atoms with Gasteiger partial charge in [0.2, 0.25) is 0 Å². The second-order valence-electron chi connectivity index (χ2n) is 4.40. The molecule has 17 heavy (non-hydrogen) atoms. The molecule has 1 aliphatic rings. The Hall–Kier alpha value is -0.940. The van der Waals surface area contributed by atoms with Gasteiger partial charge in [-0.3, -0.25) is 0 Å². The van der Waals surface area contributed by atoms with Crippen LogP contribution in [0.2, 0.25) is 0 Å². The van der Waals surface area contributed by atoms with Gasteiger partial charge in [0.05, 0.1) is 10.1 Å². The lowest BCUT2D eigenvalue weighted by molar-refractivity contribution is 0.496. The van der Waals surface area contributed by atoms with Crippen LogP contribution in [0.3, 0.4) is 0 Å². The molecule has 0 unspecified atom stereocenters. The second-order valence-corrected chi connectivity index (χ2v) is 6.60. The maximum absolute atomic E-state index is 13.0. The van der Waals surface area contributed by atoms with E-state index in [2.05, 4.69) is 5.32 Å². The Morgan fingerprint density at radius 3 is 2.53 bits per heavy atom. The molecule has 3 nitrogen and oxygen atoms in total. The molecule has 1 fully saturated rings. The standard InChI is InChI=1S/C12H16FNO2S/c1-9-8-10(13)2-3-12(9)17(15,16)11-4-6-14-7-5-11/h2-3,8,11,14H,4-7H2,1H3. The first-order valence-corrected chi connectivity index (χ1v) is 7.27. The molecule has 2 rings (SSSR count). The lowest BCUT2D eigenvalue weighted by atomic mass is 10.2. The van der Waals surface area contributed by atoms with Crippen molar-refractivity contribution in [3.63, 3.8) is 0 Å². The number of halogens is 1. The van der Waals surface area contributed by atoms with Gasteiger partial charge in [0.15, 0.2) is 9.84 Å². The van der Waals surface area contributed by atoms with E-state index in [0.717, 1.165) is 13.1 Å². The van der Waals surface area contributed by atoms with Gasteiger partial charge in [-0.25, -0.2) is 12.8 Å². The van der Waals surface area contributed by atoms with E-state index in [1.54, 1.807) is 6.92 Å². The molecular weight excluding hydrogens is 241 g/mol. The molecule has 1 N–H and O–H groups in total. The Kier molecular flexibility index (Phi) is 3.49. The van der Waals surface area contributed by atoms with E-state index in [4.69, 9.17) is 0 Å². The van der Waals surface area contributed by atoms with Crippen molar-refractivity contribution >= 4 is 9.84 Å². The van der Waals surface area contributed by atoms with Crippen molar-refractivity contribution in [3.8, 4) is 0 Å². The van der Waals surface area contributed by atoms with Crippen LogP contribution in [0.15, 0.2) is 23.1 Å². The van der Waals surface area contributed by atoms with Crippen LogP contribution in [0.4, 0.5) is 4.39 Å². The molecule has 94 valence electrons. The van der Waals surface area contributed by atoms with E-state index in [-0.39, 0.29) is 10.1 Å². The molecule has 0 saturated carbocycles. The zero-order valence-corrected chi connectivity index (χ0v) is 10.6. The third-order valence-corrected chi connectivity index (χ3v) is 5.59. The smallest absolute Gasteiger partial charge is 0.181 e. The van der Waals surface area contributed by atoms with Crippen LogP contribution in [0.5, 0.6) is 0 Å². The summed E-state index contributed by atoms with van der Waals surface area (Å²) in [6, 6.07) is 3.86. The van der Waals surface area contributed by atoms with Crippen LogP contribution < -0.4 is 5.32 Å². The van der Waals surface area contributed by atoms with E-state index in [1.807, 2.05) is 0 Å². The van der Waals surface area contributed by atoms with Gasteiger partial charge < -0.3 is 5.32 Å². The molecular formula is C12H16FNO2S. The molecule has 1 aromatic carbocycles. The lowest BCUT2D eigenvalue weighted by Crippen LogP contribution is -2.36. The highest BCUT2D eigenvalue weighted by atomic mass is 32.2. The van der Waals surface area contributed by atoms with Crippen LogP contribution in [0.1, 0.15) is 18.4 Å². The van der Waals surface area contributed by atoms with Crippen molar-refractivity contribution in [2.45, 2.75) is 29.9 Å². The number of hydrogen-bond acceptors (Lipinski definition) is 3. The highest BCUT2D eigenvalue weighted by Crippen LogP contribution is 2.25. The molecule has 0 bridgehead atoms. The van der Waals surface area contributed by atoms with E-state index >= 15 is 0 Å². The predicted octanol–water partition coefficient (Wildman–Crippen LogP) is 1.66. The van der Waals surface area contributed by atoms with Gasteiger partial charge in [0, 0.05) is 0 Å². The summed E-state index contributed by atoms with van der Waals surface area (Å²) in [7, 11) is -3.32. The average molecular weight is 257 g/mol. The zero-order valence-electron chi connectivity index (χ0n) is 9.74. The Balaban J connectivity index is 2.37. The normalized spacial score (nSPS) is 18.2. The van der Waals surface area contributed by atoms with Crippen molar-refractivity contribution < 1.29 is 12.8 Å². The Bertz CT molecular complexity index is 507. The third kappa shape index (κ3) is 2.50. The number of benzene rings is 1. The second kappa shape index (κ2) is 4.74. The molecule has 0 aliphatic carbocycles. The molecule has 5 heteroatoms. The zero-order chi connectivity index (χ0) is 12.5. The quantitative estimate of drug-likeness (QED) is 0.820. The maximum atomic E-state index is 13.0. The van der Waals surface area contributed by atoms with E-state index in [0.29, 0.717) is 18.4 Å². The van der Waals surface area contributed by atoms with Crippen LogP contribution in [-0.4, -0.2) is 26.8 Å². The maximum Gasteiger partial charge on any atom is 0.181 e. The lowest BCUT2D eigenvalue weighted by Gasteiger charge is -2.23. The Labute approximate surface area is 101 Å². The minimum absolute atomic E-state index is 0.269. The Morgan fingerprint density at radius 2 is 1.94 bits per heavy atom. The van der Waals surface area contributed by atoms with E-state index < -0.39 is 15.7 Å². The van der Waals surface area contributed by atoms with Crippen molar-refractivity contribution in [3.05, 3.63) is 29.6 Å². The highest BCUT2D eigenvalue weighted by molar-refractivity contribution is 7.92. The van der Waals surface area contributed by atoms with Crippen molar-refractivity contribution in [2.75, 3.05) is 13.1 Å². The van der Waals surface area contributed by atoms with E-state index in [9.17, 15) is 12.8 Å². The summed E-state index contributed by atoms with van der Waals surface area (Å²) >= 11 is 0. The van der Waals surface area contributed by atoms with Crippen LogP contribution >= 0.6 is 0 Å². The minimum atomic E-state index is -3.32. The van der Waals surface area contributed by atoms with Crippen LogP contribution in [-0.2, 0) is 9.84 Å². The predicted molar refractivity (Wildman–Crippen MR) is 64.2 cm³/mol. The average Bonchev–Trinajstić information content (AvgIpc) is 2.29. The molecule has 1 aliphatic heterocycles. The first-order valence-electron chi connectivity index (χ1n) is 5.72. The molecule has 0 spiro atoms. The molecule has 0 atom stereocenters. The van der Waals surface area contributed by atoms with Gasteiger partial charge in [-0.2, -0.15) is 0 Å². The van der Waals surface area contributed by atoms with Gasteiger partial charge in [-0.15, -0.1) is 0 Å². The van der Waals surface area contributed by atoms with Gasteiger partial charge in [-0.1, -0.05) is 0 Å². The van der Waals surface area contributed by atoms with Crippen LogP contribution in [0, 0.1) is 12.7 Å². The first-order chi connectivity index (χ1) is 8.01. The summed E-state index contributed by atoms with van der Waals surface area (Å²) in [5.74, 6) is -0.397. The van der Waals surface area contributed by atoms with Crippen molar-refractivity contribution in [2.24, 2.45) is 0 Å². The fraction of sp³-hybridized carbons (Fsp3) is 0.500.